The minimum absolute atomic E-state index is 0.115. The molecule has 0 amide bonds. The van der Waals surface area contributed by atoms with Crippen molar-refractivity contribution < 1.29 is 28.8 Å². The summed E-state index contributed by atoms with van der Waals surface area (Å²) >= 11 is 0. The summed E-state index contributed by atoms with van der Waals surface area (Å²) in [5.74, 6) is 2.44. The van der Waals surface area contributed by atoms with Crippen molar-refractivity contribution in [3.8, 4) is 28.7 Å². The summed E-state index contributed by atoms with van der Waals surface area (Å²) < 4.78 is 32.0. The highest BCUT2D eigenvalue weighted by molar-refractivity contribution is 5.53. The normalized spacial score (nSPS) is 15.1. The second kappa shape index (κ2) is 15.5. The Morgan fingerprint density at radius 1 is 0.531 bits per heavy atom. The number of hydrogen-bond donors (Lipinski definition) is 1. The fourth-order valence-corrected chi connectivity index (χ4v) is 5.87. The lowest BCUT2D eigenvalue weighted by molar-refractivity contribution is -0.0467. The Morgan fingerprint density at radius 3 is 1.61 bits per heavy atom. The van der Waals surface area contributed by atoms with Gasteiger partial charge in [-0.25, -0.2) is 0 Å². The van der Waals surface area contributed by atoms with Crippen LogP contribution in [0.4, 0.5) is 0 Å². The Bertz CT molecular complexity index is 1930. The summed E-state index contributed by atoms with van der Waals surface area (Å²) in [5, 5.41) is 11.2. The summed E-state index contributed by atoms with van der Waals surface area (Å²) in [5.41, 5.74) is 5.75. The van der Waals surface area contributed by atoms with Crippen LogP contribution in [0.25, 0.3) is 0 Å². The van der Waals surface area contributed by atoms with Crippen molar-refractivity contribution in [1.29, 1.82) is 0 Å². The molecule has 246 valence electrons. The first-order valence-corrected chi connectivity index (χ1v) is 16.5. The standard InChI is InChI=1S/C43H38O6/c44-38-24-36(45-27-31-13-5-1-6-14-31)25-40-37(38)26-42(48-30-34-19-11-4-12-20-34)43(49-40)35-21-22-39(46-28-32-15-7-2-8-16-32)41(23-35)47-29-33-17-9-3-10-18-33/h1-25,42-44H,26-30H2/t42-,43-/m1/s1. The summed E-state index contributed by atoms with van der Waals surface area (Å²) in [7, 11) is 0. The number of hydrogen-bond acceptors (Lipinski definition) is 6. The molecule has 6 aromatic carbocycles. The summed E-state index contributed by atoms with van der Waals surface area (Å²) in [4.78, 5) is 0. The molecule has 0 bridgehead atoms. The fraction of sp³-hybridized carbons (Fsp3) is 0.163. The van der Waals surface area contributed by atoms with Gasteiger partial charge in [0, 0.05) is 24.1 Å². The van der Waals surface area contributed by atoms with Gasteiger partial charge in [-0.2, -0.15) is 0 Å². The van der Waals surface area contributed by atoms with Gasteiger partial charge >= 0.3 is 0 Å². The quantitative estimate of drug-likeness (QED) is 0.134. The number of benzene rings is 6. The topological polar surface area (TPSA) is 66.4 Å². The third-order valence-electron chi connectivity index (χ3n) is 8.48. The van der Waals surface area contributed by atoms with E-state index in [1.807, 2.05) is 146 Å². The van der Waals surface area contributed by atoms with Gasteiger partial charge in [-0.3, -0.25) is 0 Å². The van der Waals surface area contributed by atoms with Crippen LogP contribution >= 0.6 is 0 Å². The molecule has 6 heteroatoms. The number of fused-ring (bicyclic) bond motifs is 1. The van der Waals surface area contributed by atoms with E-state index in [2.05, 4.69) is 0 Å². The van der Waals surface area contributed by atoms with Gasteiger partial charge in [-0.05, 0) is 39.9 Å². The van der Waals surface area contributed by atoms with Gasteiger partial charge in [0.15, 0.2) is 17.6 Å². The van der Waals surface area contributed by atoms with E-state index in [4.69, 9.17) is 23.7 Å². The van der Waals surface area contributed by atoms with E-state index in [1.54, 1.807) is 6.07 Å². The number of ether oxygens (including phenoxy) is 5. The first-order valence-electron chi connectivity index (χ1n) is 16.5. The molecule has 0 aromatic heterocycles. The molecule has 7 rings (SSSR count). The lowest BCUT2D eigenvalue weighted by atomic mass is 9.93. The van der Waals surface area contributed by atoms with Crippen LogP contribution in [0.2, 0.25) is 0 Å². The summed E-state index contributed by atoms with van der Waals surface area (Å²) in [6.07, 6.45) is -0.445. The minimum Gasteiger partial charge on any atom is -0.507 e. The van der Waals surface area contributed by atoms with Crippen LogP contribution in [-0.2, 0) is 37.6 Å². The van der Waals surface area contributed by atoms with Gasteiger partial charge in [0.25, 0.3) is 0 Å². The predicted octanol–water partition coefficient (Wildman–Crippen LogP) is 9.39. The van der Waals surface area contributed by atoms with Crippen molar-refractivity contribution in [2.45, 2.75) is 45.1 Å². The largest absolute Gasteiger partial charge is 0.507 e. The van der Waals surface area contributed by atoms with Crippen molar-refractivity contribution in [3.63, 3.8) is 0 Å². The zero-order valence-corrected chi connectivity index (χ0v) is 27.1. The van der Waals surface area contributed by atoms with Crippen molar-refractivity contribution >= 4 is 0 Å². The first kappa shape index (κ1) is 31.9. The van der Waals surface area contributed by atoms with E-state index in [1.165, 1.54) is 0 Å². The number of phenolic OH excluding ortho intramolecular Hbond substituents is 1. The molecule has 0 aliphatic carbocycles. The van der Waals surface area contributed by atoms with Crippen molar-refractivity contribution in [3.05, 3.63) is 185 Å². The first-order chi connectivity index (χ1) is 24.2. The Kier molecular flexibility index (Phi) is 10.0. The molecule has 0 fully saturated rings. The average molecular weight is 651 g/mol. The van der Waals surface area contributed by atoms with Gasteiger partial charge in [-0.15, -0.1) is 0 Å². The lowest BCUT2D eigenvalue weighted by Crippen LogP contribution is -2.33. The molecular weight excluding hydrogens is 612 g/mol. The summed E-state index contributed by atoms with van der Waals surface area (Å²) in [6, 6.07) is 49.5. The van der Waals surface area contributed by atoms with Crippen LogP contribution in [0, 0.1) is 0 Å². The van der Waals surface area contributed by atoms with E-state index in [0.29, 0.717) is 61.4 Å². The minimum atomic E-state index is -0.498. The number of phenols is 1. The van der Waals surface area contributed by atoms with Gasteiger partial charge in [0.05, 0.1) is 6.61 Å². The third kappa shape index (κ3) is 8.23. The van der Waals surface area contributed by atoms with Crippen molar-refractivity contribution in [1.82, 2.24) is 0 Å². The maximum atomic E-state index is 11.2. The second-order valence-corrected chi connectivity index (χ2v) is 12.0. The monoisotopic (exact) mass is 650 g/mol. The van der Waals surface area contributed by atoms with Crippen molar-refractivity contribution in [2.75, 3.05) is 0 Å². The lowest BCUT2D eigenvalue weighted by Gasteiger charge is -2.34. The van der Waals surface area contributed by atoms with Gasteiger partial charge in [0.2, 0.25) is 0 Å². The Labute approximate surface area is 287 Å². The maximum Gasteiger partial charge on any atom is 0.162 e. The second-order valence-electron chi connectivity index (χ2n) is 12.0. The number of rotatable bonds is 13. The molecule has 1 N–H and O–H groups in total. The SMILES string of the molecule is Oc1cc(OCc2ccccc2)cc2c1C[C@@H](OCc1ccccc1)[C@@H](c1ccc(OCc3ccccc3)c(OCc3ccccc3)c1)O2. The predicted molar refractivity (Wildman–Crippen MR) is 189 cm³/mol. The highest BCUT2D eigenvalue weighted by Gasteiger charge is 2.35. The average Bonchev–Trinajstić information content (AvgIpc) is 3.16. The summed E-state index contributed by atoms with van der Waals surface area (Å²) in [6.45, 7) is 1.56. The highest BCUT2D eigenvalue weighted by Crippen LogP contribution is 2.44. The van der Waals surface area contributed by atoms with Crippen LogP contribution in [-0.4, -0.2) is 11.2 Å². The molecular formula is C43H38O6. The van der Waals surface area contributed by atoms with Crippen LogP contribution in [0.3, 0.4) is 0 Å². The van der Waals surface area contributed by atoms with Crippen LogP contribution in [0.5, 0.6) is 28.7 Å². The Balaban J connectivity index is 1.19. The van der Waals surface area contributed by atoms with E-state index in [0.717, 1.165) is 27.8 Å². The Morgan fingerprint density at radius 2 is 1.04 bits per heavy atom. The molecule has 6 nitrogen and oxygen atoms in total. The van der Waals surface area contributed by atoms with E-state index in [-0.39, 0.29) is 5.75 Å². The molecule has 6 aromatic rings. The number of aromatic hydroxyl groups is 1. The zero-order valence-electron chi connectivity index (χ0n) is 27.1. The molecule has 2 atom stereocenters. The van der Waals surface area contributed by atoms with Gasteiger partial charge < -0.3 is 28.8 Å². The molecule has 1 heterocycles. The smallest absolute Gasteiger partial charge is 0.162 e. The molecule has 1 aliphatic heterocycles. The highest BCUT2D eigenvalue weighted by atomic mass is 16.5. The van der Waals surface area contributed by atoms with Crippen LogP contribution < -0.4 is 18.9 Å². The van der Waals surface area contributed by atoms with Crippen LogP contribution in [0.15, 0.2) is 152 Å². The zero-order chi connectivity index (χ0) is 33.3. The molecule has 0 saturated heterocycles. The molecule has 0 unspecified atom stereocenters. The molecule has 1 aliphatic rings. The maximum absolute atomic E-state index is 11.2. The third-order valence-corrected chi connectivity index (χ3v) is 8.48. The fourth-order valence-electron chi connectivity index (χ4n) is 5.87. The molecule has 0 radical (unpaired) electrons. The van der Waals surface area contributed by atoms with E-state index < -0.39 is 12.2 Å². The molecule has 0 spiro atoms. The van der Waals surface area contributed by atoms with E-state index >= 15 is 0 Å². The van der Waals surface area contributed by atoms with Gasteiger partial charge in [-0.1, -0.05) is 127 Å². The molecule has 0 saturated carbocycles. The van der Waals surface area contributed by atoms with Gasteiger partial charge in [0.1, 0.15) is 43.2 Å². The van der Waals surface area contributed by atoms with E-state index in [9.17, 15) is 5.11 Å². The molecule has 49 heavy (non-hydrogen) atoms. The Hall–Kier alpha value is -5.72. The van der Waals surface area contributed by atoms with Crippen molar-refractivity contribution in [2.24, 2.45) is 0 Å². The van der Waals surface area contributed by atoms with Crippen LogP contribution in [0.1, 0.15) is 39.5 Å².